The van der Waals surface area contributed by atoms with Gasteiger partial charge in [0.25, 0.3) is 11.8 Å². The lowest BCUT2D eigenvalue weighted by Crippen LogP contribution is -2.32. The predicted molar refractivity (Wildman–Crippen MR) is 202 cm³/mol. The van der Waals surface area contributed by atoms with E-state index in [0.29, 0.717) is 26.6 Å². The number of hydrogen-bond acceptors (Lipinski definition) is 11. The zero-order valence-corrected chi connectivity index (χ0v) is 31.2. The number of rotatable bonds is 8. The van der Waals surface area contributed by atoms with Gasteiger partial charge in [0.05, 0.1) is 10.4 Å². The largest absolute Gasteiger partial charge is 0.499 e. The number of halogens is 5. The van der Waals surface area contributed by atoms with Gasteiger partial charge in [-0.25, -0.2) is 0 Å². The Balaban J connectivity index is 0.000000216. The fourth-order valence-electron chi connectivity index (χ4n) is 5.27. The number of nitrogens with zero attached hydrogens (tertiary/aromatic N) is 2. The van der Waals surface area contributed by atoms with Crippen molar-refractivity contribution < 1.29 is 52.8 Å². The van der Waals surface area contributed by atoms with Crippen LogP contribution in [-0.2, 0) is 22.8 Å². The van der Waals surface area contributed by atoms with Crippen LogP contribution in [0.2, 0.25) is 10.0 Å². The number of aryl methyl sites for hydroxylation is 1. The van der Waals surface area contributed by atoms with Gasteiger partial charge in [-0.2, -0.15) is 18.3 Å². The average molecular weight is 852 g/mol. The number of fused-ring (bicyclic) bond motifs is 2. The van der Waals surface area contributed by atoms with Gasteiger partial charge in [0.1, 0.15) is 24.2 Å². The summed E-state index contributed by atoms with van der Waals surface area (Å²) in [6.07, 6.45) is -4.70. The van der Waals surface area contributed by atoms with E-state index in [1.165, 1.54) is 25.2 Å². The molecule has 56 heavy (non-hydrogen) atoms. The molecule has 0 fully saturated rings. The first-order valence-corrected chi connectivity index (χ1v) is 17.8. The van der Waals surface area contributed by atoms with Gasteiger partial charge in [-0.05, 0) is 35.9 Å². The number of aliphatic carboxylic acids is 2. The normalized spacial score (nSPS) is 11.2. The summed E-state index contributed by atoms with van der Waals surface area (Å²) in [5, 5.41) is 44.4. The number of aromatic nitrogens is 2. The molecule has 0 saturated carbocycles. The lowest BCUT2D eigenvalue weighted by molar-refractivity contribution is -0.141. The Labute approximate surface area is 328 Å². The van der Waals surface area contributed by atoms with Crippen molar-refractivity contribution in [1.29, 1.82) is 0 Å². The number of carbonyl (C=O) groups excluding carboxylic acids is 2. The molecule has 6 rings (SSSR count). The second-order valence-electron chi connectivity index (χ2n) is 11.4. The van der Waals surface area contributed by atoms with Crippen LogP contribution in [0.5, 0.6) is 10.1 Å². The van der Waals surface area contributed by atoms with Gasteiger partial charge in [0.15, 0.2) is 15.8 Å². The van der Waals surface area contributed by atoms with E-state index in [1.807, 2.05) is 35.6 Å². The van der Waals surface area contributed by atoms with Crippen LogP contribution in [0.1, 0.15) is 26.4 Å². The molecular weight excluding hydrogens is 828 g/mol. The van der Waals surface area contributed by atoms with Crippen molar-refractivity contribution in [3.05, 3.63) is 108 Å². The van der Waals surface area contributed by atoms with Crippen LogP contribution in [0.4, 0.5) is 13.2 Å². The van der Waals surface area contributed by atoms with E-state index in [2.05, 4.69) is 10.4 Å². The molecule has 0 unspecified atom stereocenters. The summed E-state index contributed by atoms with van der Waals surface area (Å²) in [6, 6.07) is 15.6. The fraction of sp³-hybridized carbons (Fsp3) is 0.114. The van der Waals surface area contributed by atoms with E-state index in [0.717, 1.165) is 27.6 Å². The molecule has 0 aliphatic rings. The Morgan fingerprint density at radius 2 is 1.20 bits per heavy atom. The maximum absolute atomic E-state index is 13.0. The van der Waals surface area contributed by atoms with E-state index < -0.39 is 80.8 Å². The van der Waals surface area contributed by atoms with Crippen molar-refractivity contribution in [3.8, 4) is 32.5 Å². The first kappa shape index (κ1) is 41.1. The quantitative estimate of drug-likeness (QED) is 0.105. The maximum atomic E-state index is 13.0. The van der Waals surface area contributed by atoms with Crippen molar-refractivity contribution in [1.82, 2.24) is 20.4 Å². The highest BCUT2D eigenvalue weighted by Gasteiger charge is 2.35. The summed E-state index contributed by atoms with van der Waals surface area (Å²) in [7, 11) is 1.27. The van der Waals surface area contributed by atoms with Crippen LogP contribution < -0.4 is 21.5 Å². The summed E-state index contributed by atoms with van der Waals surface area (Å²) < 4.78 is 40.6. The average Bonchev–Trinajstić information content (AvgIpc) is 3.52. The molecule has 290 valence electrons. The maximum Gasteiger partial charge on any atom is 0.435 e. The number of benzene rings is 3. The molecule has 14 nitrogen and oxygen atoms in total. The monoisotopic (exact) mass is 850 g/mol. The number of carboxylic acid groups (broad SMARTS) is 2. The number of alkyl halides is 3. The molecule has 0 aliphatic heterocycles. The van der Waals surface area contributed by atoms with Gasteiger partial charge < -0.3 is 31.1 Å². The molecule has 3 aromatic heterocycles. The lowest BCUT2D eigenvalue weighted by Gasteiger charge is -2.10. The van der Waals surface area contributed by atoms with Crippen molar-refractivity contribution in [2.45, 2.75) is 6.18 Å². The molecule has 21 heteroatoms. The minimum absolute atomic E-state index is 0.000794. The molecule has 0 saturated heterocycles. The first-order chi connectivity index (χ1) is 26.3. The minimum Gasteiger partial charge on any atom is -0.499 e. The standard InChI is InChI=1S/C18H12ClNO5S.C17H11ClF3N3O5S/c19-10-6-11(9-4-2-1-3-5-9)16-12(7-10)15(23)14(18(25)26-16)17(24)20-8-13(21)22;1-24-9(4-10(23-24)17(19,20)21)7-2-6(18)3-8-13(27)12(16(29)30-14(7)8)15(28)22-5-11(25)26/h1-7,25H,8H2,(H,20,24)(H,21,22);2-4,29H,5H2,1H3,(H,22,28)(H,25,26). The Morgan fingerprint density at radius 1 is 0.750 bits per heavy atom. The topological polar surface area (TPSA) is 225 Å². The van der Waals surface area contributed by atoms with Gasteiger partial charge in [0.2, 0.25) is 10.9 Å². The van der Waals surface area contributed by atoms with Crippen LogP contribution >= 0.6 is 45.9 Å². The number of aromatic hydroxyl groups is 2. The van der Waals surface area contributed by atoms with E-state index in [9.17, 15) is 52.2 Å². The van der Waals surface area contributed by atoms with Crippen LogP contribution in [-0.4, -0.2) is 67.0 Å². The van der Waals surface area contributed by atoms with Crippen molar-refractivity contribution in [2.75, 3.05) is 13.1 Å². The van der Waals surface area contributed by atoms with E-state index in [4.69, 9.17) is 33.4 Å². The third-order valence-corrected chi connectivity index (χ3v) is 10.2. The van der Waals surface area contributed by atoms with Crippen LogP contribution in [0.3, 0.4) is 0 Å². The molecule has 3 aromatic carbocycles. The number of carbonyl (C=O) groups is 4. The molecule has 3 heterocycles. The number of amides is 2. The third-order valence-electron chi connectivity index (χ3n) is 7.66. The Bertz CT molecular complexity index is 2700. The second kappa shape index (κ2) is 16.4. The molecule has 0 spiro atoms. The highest BCUT2D eigenvalue weighted by molar-refractivity contribution is 7.21. The Morgan fingerprint density at radius 3 is 1.62 bits per heavy atom. The summed E-state index contributed by atoms with van der Waals surface area (Å²) >= 11 is 13.6. The fourth-order valence-corrected chi connectivity index (χ4v) is 7.75. The van der Waals surface area contributed by atoms with Crippen LogP contribution in [0.15, 0.2) is 70.3 Å². The van der Waals surface area contributed by atoms with Gasteiger partial charge in [-0.15, -0.1) is 0 Å². The molecule has 2 amide bonds. The number of carboxylic acids is 2. The third kappa shape index (κ3) is 8.76. The van der Waals surface area contributed by atoms with Crippen LogP contribution in [0.25, 0.3) is 42.6 Å². The molecule has 0 radical (unpaired) electrons. The Kier molecular flexibility index (Phi) is 12.0. The lowest BCUT2D eigenvalue weighted by atomic mass is 10.0. The van der Waals surface area contributed by atoms with Crippen molar-refractivity contribution >= 4 is 89.8 Å². The molecule has 0 atom stereocenters. The van der Waals surface area contributed by atoms with Gasteiger partial charge >= 0.3 is 18.1 Å². The zero-order chi connectivity index (χ0) is 41.2. The SMILES string of the molecule is Cn1nc(C(F)(F)F)cc1-c1cc(Cl)cc2c(=O)c(C(=O)NCC(=O)O)c(O)sc12.O=C(O)CNC(=O)c1c(O)sc2c(-c3ccccc3)cc(Cl)cc2c1=O. The molecule has 6 aromatic rings. The van der Waals surface area contributed by atoms with Gasteiger partial charge in [-0.1, -0.05) is 76.2 Å². The summed E-state index contributed by atoms with van der Waals surface area (Å²) in [5.74, 6) is -4.68. The van der Waals surface area contributed by atoms with Crippen LogP contribution in [0, 0.1) is 0 Å². The van der Waals surface area contributed by atoms with E-state index >= 15 is 0 Å². The highest BCUT2D eigenvalue weighted by atomic mass is 35.5. The summed E-state index contributed by atoms with van der Waals surface area (Å²) in [5.41, 5.74) is -2.47. The Hall–Kier alpha value is -6.02. The summed E-state index contributed by atoms with van der Waals surface area (Å²) in [6.45, 7) is -1.44. The first-order valence-electron chi connectivity index (χ1n) is 15.4. The zero-order valence-electron chi connectivity index (χ0n) is 28.0. The number of nitrogens with one attached hydrogen (secondary N) is 2. The second-order valence-corrected chi connectivity index (χ2v) is 14.3. The molecular formula is C35H23Cl2F3N4O10S2. The molecule has 6 N–H and O–H groups in total. The highest BCUT2D eigenvalue weighted by Crippen LogP contribution is 2.40. The molecule has 0 aliphatic carbocycles. The predicted octanol–water partition coefficient (Wildman–Crippen LogP) is 5.96. The van der Waals surface area contributed by atoms with Crippen molar-refractivity contribution in [3.63, 3.8) is 0 Å². The molecule has 0 bridgehead atoms. The summed E-state index contributed by atoms with van der Waals surface area (Å²) in [4.78, 5) is 71.0. The minimum atomic E-state index is -4.70. The van der Waals surface area contributed by atoms with Crippen molar-refractivity contribution in [2.24, 2.45) is 7.05 Å². The van der Waals surface area contributed by atoms with E-state index in [1.54, 1.807) is 6.07 Å². The van der Waals surface area contributed by atoms with Gasteiger partial charge in [-0.3, -0.25) is 33.4 Å². The number of hydrogen-bond donors (Lipinski definition) is 6. The van der Waals surface area contributed by atoms with E-state index in [-0.39, 0.29) is 31.8 Å². The van der Waals surface area contributed by atoms with Gasteiger partial charge in [0, 0.05) is 43.7 Å². The smallest absolute Gasteiger partial charge is 0.435 e.